The summed E-state index contributed by atoms with van der Waals surface area (Å²) in [5.74, 6) is -1.11. The molecule has 3 atom stereocenters. The predicted molar refractivity (Wildman–Crippen MR) is 107 cm³/mol. The average Bonchev–Trinajstić information content (AvgIpc) is 3.45. The number of fused-ring (bicyclic) bond motifs is 1. The van der Waals surface area contributed by atoms with Crippen LogP contribution in [0, 0.1) is 5.82 Å². The summed E-state index contributed by atoms with van der Waals surface area (Å²) in [6.07, 6.45) is -1.69. The normalized spacial score (nSPS) is 28.5. The Morgan fingerprint density at radius 1 is 1.22 bits per heavy atom. The number of aromatic amines is 1. The number of hydrogen-bond acceptors (Lipinski definition) is 9. The number of ether oxygens (including phenoxy) is 3. The molecule has 0 unspecified atom stereocenters. The molecule has 3 aliphatic heterocycles. The van der Waals surface area contributed by atoms with E-state index in [0.717, 1.165) is 21.9 Å². The summed E-state index contributed by atoms with van der Waals surface area (Å²) in [6, 6.07) is 7.37. The van der Waals surface area contributed by atoms with Crippen LogP contribution in [0.3, 0.4) is 0 Å². The standard InChI is InChI=1S/C19H22FN2O9P/c20-13-8-22(19(24)21-17(13)23)16-7-14-15(30-16)10-29-32(25,31-14)28-9-11-3-1-2-4-12(11)18-26-5-6-27-18/h1-4,8,14-16,18,25,32H,5-7,9-10H2,(H,21,23,24)/t14-,15+,16+/m0/s1. The van der Waals surface area contributed by atoms with Crippen molar-refractivity contribution < 1.29 is 37.1 Å². The topological polar surface area (TPSA) is 130 Å². The van der Waals surface area contributed by atoms with Crippen LogP contribution < -0.4 is 11.2 Å². The van der Waals surface area contributed by atoms with Crippen molar-refractivity contribution in [2.24, 2.45) is 0 Å². The molecular weight excluding hydrogens is 450 g/mol. The first-order chi connectivity index (χ1) is 15.4. The third kappa shape index (κ3) is 4.28. The molecule has 13 heteroatoms. The maximum atomic E-state index is 13.6. The van der Waals surface area contributed by atoms with Crippen LogP contribution in [0.1, 0.15) is 30.1 Å². The van der Waals surface area contributed by atoms with Crippen molar-refractivity contribution in [1.82, 2.24) is 9.55 Å². The van der Waals surface area contributed by atoms with Gasteiger partial charge in [0.2, 0.25) is 0 Å². The Morgan fingerprint density at radius 3 is 2.81 bits per heavy atom. The zero-order chi connectivity index (χ0) is 22.3. The van der Waals surface area contributed by atoms with Crippen LogP contribution in [0.4, 0.5) is 4.39 Å². The molecule has 0 radical (unpaired) electrons. The fourth-order valence-corrected chi connectivity index (χ4v) is 5.47. The van der Waals surface area contributed by atoms with Gasteiger partial charge in [-0.25, -0.2) is 0 Å². The summed E-state index contributed by atoms with van der Waals surface area (Å²) >= 11 is 0. The molecule has 3 fully saturated rings. The molecule has 0 aliphatic carbocycles. The van der Waals surface area contributed by atoms with Gasteiger partial charge in [-0.15, -0.1) is 0 Å². The van der Waals surface area contributed by atoms with Crippen molar-refractivity contribution in [3.63, 3.8) is 0 Å². The van der Waals surface area contributed by atoms with Crippen molar-refractivity contribution in [1.29, 1.82) is 0 Å². The van der Waals surface area contributed by atoms with Gasteiger partial charge in [0.1, 0.15) is 0 Å². The molecule has 1 aromatic carbocycles. The van der Waals surface area contributed by atoms with Gasteiger partial charge in [-0.05, 0) is 0 Å². The third-order valence-electron chi connectivity index (χ3n) is 5.49. The van der Waals surface area contributed by atoms with Crippen molar-refractivity contribution in [2.75, 3.05) is 19.8 Å². The molecule has 2 aromatic rings. The van der Waals surface area contributed by atoms with E-state index in [1.807, 2.05) is 29.2 Å². The molecule has 174 valence electrons. The predicted octanol–water partition coefficient (Wildman–Crippen LogP) is 1.04. The van der Waals surface area contributed by atoms with E-state index in [4.69, 9.17) is 27.8 Å². The number of nitrogens with zero attached hydrogens (tertiary/aromatic N) is 1. The molecule has 3 saturated heterocycles. The van der Waals surface area contributed by atoms with Crippen molar-refractivity contribution >= 4 is 8.17 Å². The molecule has 0 amide bonds. The summed E-state index contributed by atoms with van der Waals surface area (Å²) in [7, 11) is -4.01. The molecule has 11 nitrogen and oxygen atoms in total. The number of rotatable bonds is 5. The van der Waals surface area contributed by atoms with Crippen molar-refractivity contribution in [3.05, 3.63) is 68.2 Å². The SMILES string of the molecule is O=c1[nH]c(=O)n([C@H]2C[C@@H]3O[PH](O)(OCc4ccccc4C4OCCO4)OC[C@H]3O2)cc1F. The van der Waals surface area contributed by atoms with Gasteiger partial charge in [-0.3, -0.25) is 0 Å². The zero-order valence-electron chi connectivity index (χ0n) is 16.8. The molecular formula is C19H22FN2O9P. The zero-order valence-corrected chi connectivity index (χ0v) is 17.8. The van der Waals surface area contributed by atoms with Crippen LogP contribution in [-0.4, -0.2) is 46.5 Å². The molecule has 1 aromatic heterocycles. The molecule has 0 bridgehead atoms. The Balaban J connectivity index is 1.26. The molecule has 3 aliphatic rings. The number of hydrogen-bond donors (Lipinski definition) is 2. The van der Waals surface area contributed by atoms with Gasteiger partial charge in [-0.2, -0.15) is 0 Å². The molecule has 2 N–H and O–H groups in total. The Bertz CT molecular complexity index is 1100. The first-order valence-corrected chi connectivity index (χ1v) is 11.7. The molecule has 32 heavy (non-hydrogen) atoms. The first kappa shape index (κ1) is 21.8. The van der Waals surface area contributed by atoms with Gasteiger partial charge < -0.3 is 0 Å². The van der Waals surface area contributed by atoms with E-state index in [0.29, 0.717) is 13.2 Å². The molecule has 4 heterocycles. The van der Waals surface area contributed by atoms with E-state index in [2.05, 4.69) is 0 Å². The number of halogens is 1. The van der Waals surface area contributed by atoms with E-state index in [-0.39, 0.29) is 19.6 Å². The summed E-state index contributed by atoms with van der Waals surface area (Å²) in [5.41, 5.74) is -0.367. The fourth-order valence-electron chi connectivity index (χ4n) is 3.91. The second-order valence-corrected chi connectivity index (χ2v) is 9.42. The Hall–Kier alpha value is -2.02. The van der Waals surface area contributed by atoms with E-state index < -0.39 is 50.0 Å². The van der Waals surface area contributed by atoms with Gasteiger partial charge >= 0.3 is 181 Å². The second kappa shape index (κ2) is 8.73. The van der Waals surface area contributed by atoms with Gasteiger partial charge in [0.05, 0.1) is 0 Å². The Kier molecular flexibility index (Phi) is 5.95. The van der Waals surface area contributed by atoms with E-state index in [1.165, 1.54) is 0 Å². The summed E-state index contributed by atoms with van der Waals surface area (Å²) < 4.78 is 48.2. The van der Waals surface area contributed by atoms with Crippen LogP contribution in [0.15, 0.2) is 40.1 Å². The first-order valence-electron chi connectivity index (χ1n) is 10.1. The Morgan fingerprint density at radius 2 is 2.00 bits per heavy atom. The van der Waals surface area contributed by atoms with Gasteiger partial charge in [-0.1, -0.05) is 0 Å². The number of H-pyrrole nitrogens is 1. The van der Waals surface area contributed by atoms with Gasteiger partial charge in [0, 0.05) is 0 Å². The molecule has 0 saturated carbocycles. The number of nitrogens with one attached hydrogen (secondary N) is 1. The minimum atomic E-state index is -4.01. The molecule has 5 rings (SSSR count). The van der Waals surface area contributed by atoms with Gasteiger partial charge in [0.25, 0.3) is 0 Å². The van der Waals surface area contributed by atoms with Crippen LogP contribution >= 0.6 is 8.17 Å². The molecule has 0 spiro atoms. The number of aromatic nitrogens is 2. The van der Waals surface area contributed by atoms with E-state index >= 15 is 0 Å². The number of benzene rings is 1. The maximum absolute atomic E-state index is 13.6. The monoisotopic (exact) mass is 472 g/mol. The quantitative estimate of drug-likeness (QED) is 0.613. The summed E-state index contributed by atoms with van der Waals surface area (Å²) in [5, 5.41) is 0. The van der Waals surface area contributed by atoms with Crippen LogP contribution in [-0.2, 0) is 34.4 Å². The van der Waals surface area contributed by atoms with E-state index in [1.54, 1.807) is 0 Å². The average molecular weight is 472 g/mol. The van der Waals surface area contributed by atoms with Gasteiger partial charge in [0.15, 0.2) is 0 Å². The summed E-state index contributed by atoms with van der Waals surface area (Å²) in [6.45, 7) is 0.976. The summed E-state index contributed by atoms with van der Waals surface area (Å²) in [4.78, 5) is 36.0. The minimum absolute atomic E-state index is 0.00831. The van der Waals surface area contributed by atoms with Crippen molar-refractivity contribution in [3.8, 4) is 0 Å². The van der Waals surface area contributed by atoms with Crippen LogP contribution in [0.5, 0.6) is 0 Å². The third-order valence-corrected chi connectivity index (χ3v) is 7.13. The Labute approximate surface area is 181 Å². The van der Waals surface area contributed by atoms with Crippen LogP contribution in [0.2, 0.25) is 0 Å². The van der Waals surface area contributed by atoms with Crippen LogP contribution in [0.25, 0.3) is 0 Å². The van der Waals surface area contributed by atoms with Crippen molar-refractivity contribution in [2.45, 2.75) is 37.8 Å². The fraction of sp³-hybridized carbons (Fsp3) is 0.474. The second-order valence-electron chi connectivity index (χ2n) is 7.56. The van der Waals surface area contributed by atoms with E-state index in [9.17, 15) is 18.9 Å².